The van der Waals surface area contributed by atoms with Gasteiger partial charge in [0, 0.05) is 5.02 Å². The maximum absolute atomic E-state index is 12.3. The smallest absolute Gasteiger partial charge is 0.343 e. The van der Waals surface area contributed by atoms with Gasteiger partial charge in [0.2, 0.25) is 0 Å². The third-order valence-electron chi connectivity index (χ3n) is 4.23. The number of rotatable bonds is 6. The molecule has 158 valence electrons. The van der Waals surface area contributed by atoms with E-state index >= 15 is 0 Å². The molecular formula is C23H18Cl2N2O4. The van der Waals surface area contributed by atoms with Gasteiger partial charge in [-0.25, -0.2) is 10.2 Å². The van der Waals surface area contributed by atoms with Gasteiger partial charge in [-0.15, -0.1) is 0 Å². The summed E-state index contributed by atoms with van der Waals surface area (Å²) < 4.78 is 10.7. The first-order valence-corrected chi connectivity index (χ1v) is 9.88. The third-order valence-corrected chi connectivity index (χ3v) is 4.78. The van der Waals surface area contributed by atoms with Gasteiger partial charge in [0.1, 0.15) is 0 Å². The summed E-state index contributed by atoms with van der Waals surface area (Å²) in [4.78, 5) is 24.5. The number of amides is 1. The molecule has 1 amide bonds. The summed E-state index contributed by atoms with van der Waals surface area (Å²) in [5.41, 5.74) is 4.74. The highest BCUT2D eigenvalue weighted by atomic mass is 35.5. The van der Waals surface area contributed by atoms with Crippen molar-refractivity contribution in [2.75, 3.05) is 7.11 Å². The second-order valence-electron chi connectivity index (χ2n) is 6.49. The predicted octanol–water partition coefficient (Wildman–Crippen LogP) is 5.29. The normalized spacial score (nSPS) is 10.7. The zero-order valence-electron chi connectivity index (χ0n) is 16.7. The summed E-state index contributed by atoms with van der Waals surface area (Å²) >= 11 is 11.8. The fraction of sp³-hybridized carbons (Fsp3) is 0.0870. The maximum Gasteiger partial charge on any atom is 0.343 e. The molecule has 0 atom stereocenters. The van der Waals surface area contributed by atoms with Crippen molar-refractivity contribution in [3.05, 3.63) is 93.0 Å². The highest BCUT2D eigenvalue weighted by Gasteiger charge is 2.13. The Hall–Kier alpha value is -3.35. The number of nitrogens with one attached hydrogen (secondary N) is 1. The molecule has 0 aromatic heterocycles. The number of carbonyl (C=O) groups excluding carboxylic acids is 2. The molecule has 0 unspecified atom stereocenters. The lowest BCUT2D eigenvalue weighted by Crippen LogP contribution is -2.18. The molecule has 0 aliphatic carbocycles. The first-order valence-electron chi connectivity index (χ1n) is 9.12. The van der Waals surface area contributed by atoms with Crippen LogP contribution in [0.1, 0.15) is 31.8 Å². The first kappa shape index (κ1) is 22.3. The molecular weight excluding hydrogens is 439 g/mol. The maximum atomic E-state index is 12.3. The van der Waals surface area contributed by atoms with Crippen molar-refractivity contribution in [2.24, 2.45) is 5.10 Å². The van der Waals surface area contributed by atoms with E-state index in [0.717, 1.165) is 5.56 Å². The number of benzene rings is 3. The van der Waals surface area contributed by atoms with Crippen molar-refractivity contribution in [3.8, 4) is 11.5 Å². The zero-order chi connectivity index (χ0) is 22.4. The number of ether oxygens (including phenoxy) is 2. The summed E-state index contributed by atoms with van der Waals surface area (Å²) in [5, 5.41) is 4.58. The van der Waals surface area contributed by atoms with E-state index in [4.69, 9.17) is 32.7 Å². The van der Waals surface area contributed by atoms with E-state index in [1.54, 1.807) is 36.4 Å². The minimum atomic E-state index is -0.494. The zero-order valence-corrected chi connectivity index (χ0v) is 18.2. The summed E-state index contributed by atoms with van der Waals surface area (Å²) in [5.74, 6) is -0.362. The molecule has 3 aromatic carbocycles. The quantitative estimate of drug-likeness (QED) is 0.236. The van der Waals surface area contributed by atoms with Crippen molar-refractivity contribution in [1.29, 1.82) is 0 Å². The van der Waals surface area contributed by atoms with Gasteiger partial charge in [-0.3, -0.25) is 4.79 Å². The number of nitrogens with zero attached hydrogens (tertiary/aromatic N) is 1. The van der Waals surface area contributed by atoms with Crippen LogP contribution in [0, 0.1) is 6.92 Å². The van der Waals surface area contributed by atoms with Gasteiger partial charge >= 0.3 is 5.97 Å². The van der Waals surface area contributed by atoms with E-state index in [1.807, 2.05) is 19.1 Å². The van der Waals surface area contributed by atoms with E-state index in [0.29, 0.717) is 21.9 Å². The predicted molar refractivity (Wildman–Crippen MR) is 121 cm³/mol. The van der Waals surface area contributed by atoms with Crippen molar-refractivity contribution in [1.82, 2.24) is 5.43 Å². The number of aryl methyl sites for hydroxylation is 1. The Kier molecular flexibility index (Phi) is 7.28. The van der Waals surface area contributed by atoms with Crippen molar-refractivity contribution >= 4 is 41.3 Å². The van der Waals surface area contributed by atoms with E-state index in [-0.39, 0.29) is 16.3 Å². The van der Waals surface area contributed by atoms with Crippen LogP contribution < -0.4 is 14.9 Å². The van der Waals surface area contributed by atoms with Gasteiger partial charge in [0.25, 0.3) is 5.91 Å². The molecule has 1 N–H and O–H groups in total. The van der Waals surface area contributed by atoms with Gasteiger partial charge in [0.15, 0.2) is 11.5 Å². The van der Waals surface area contributed by atoms with Crippen molar-refractivity contribution < 1.29 is 19.1 Å². The van der Waals surface area contributed by atoms with Gasteiger partial charge in [-0.1, -0.05) is 40.9 Å². The average molecular weight is 457 g/mol. The molecule has 3 rings (SSSR count). The fourth-order valence-corrected chi connectivity index (χ4v) is 3.09. The molecule has 0 saturated heterocycles. The number of hydrazone groups is 1. The van der Waals surface area contributed by atoms with E-state index < -0.39 is 11.9 Å². The van der Waals surface area contributed by atoms with Gasteiger partial charge in [0.05, 0.1) is 29.5 Å². The van der Waals surface area contributed by atoms with Crippen LogP contribution in [0.5, 0.6) is 11.5 Å². The van der Waals surface area contributed by atoms with Crippen LogP contribution in [-0.2, 0) is 0 Å². The third kappa shape index (κ3) is 5.84. The standard InChI is InChI=1S/C23H18Cl2N2O4/c1-14-3-6-16(7-4-14)23(29)31-20-10-5-15(11-21(20)30-2)13-26-27-22(28)18-9-8-17(24)12-19(18)25/h3-13H,1-2H3,(H,27,28)/b26-13-. The van der Waals surface area contributed by atoms with Gasteiger partial charge < -0.3 is 9.47 Å². The Balaban J connectivity index is 1.68. The molecule has 0 aliphatic rings. The Labute approximate surface area is 189 Å². The lowest BCUT2D eigenvalue weighted by Gasteiger charge is -2.10. The molecule has 31 heavy (non-hydrogen) atoms. The summed E-state index contributed by atoms with van der Waals surface area (Å²) in [7, 11) is 1.46. The Morgan fingerprint density at radius 1 is 0.968 bits per heavy atom. The van der Waals surface area contributed by atoms with Crippen LogP contribution in [0.4, 0.5) is 0 Å². The number of hydrogen-bond donors (Lipinski definition) is 1. The molecule has 6 nitrogen and oxygen atoms in total. The second-order valence-corrected chi connectivity index (χ2v) is 7.33. The van der Waals surface area contributed by atoms with Crippen molar-refractivity contribution in [2.45, 2.75) is 6.92 Å². The summed E-state index contributed by atoms with van der Waals surface area (Å²) in [6.45, 7) is 1.94. The molecule has 0 radical (unpaired) electrons. The molecule has 8 heteroatoms. The second kappa shape index (κ2) is 10.1. The van der Waals surface area contributed by atoms with Gasteiger partial charge in [-0.05, 0) is 61.0 Å². The highest BCUT2D eigenvalue weighted by molar-refractivity contribution is 6.36. The highest BCUT2D eigenvalue weighted by Crippen LogP contribution is 2.28. The topological polar surface area (TPSA) is 77.0 Å². The molecule has 0 heterocycles. The lowest BCUT2D eigenvalue weighted by molar-refractivity contribution is 0.0729. The summed E-state index contributed by atoms with van der Waals surface area (Å²) in [6.07, 6.45) is 1.43. The first-order chi connectivity index (χ1) is 14.9. The Morgan fingerprint density at radius 3 is 2.39 bits per heavy atom. The van der Waals surface area contributed by atoms with Crippen LogP contribution in [0.2, 0.25) is 10.0 Å². The molecule has 0 fully saturated rings. The average Bonchev–Trinajstić information content (AvgIpc) is 2.75. The number of hydrogen-bond acceptors (Lipinski definition) is 5. The minimum absolute atomic E-state index is 0.224. The van der Waals surface area contributed by atoms with Crippen LogP contribution in [0.15, 0.2) is 65.8 Å². The minimum Gasteiger partial charge on any atom is -0.493 e. The van der Waals surface area contributed by atoms with E-state index in [2.05, 4.69) is 10.5 Å². The summed E-state index contributed by atoms with van der Waals surface area (Å²) in [6, 6.07) is 16.5. The largest absolute Gasteiger partial charge is 0.493 e. The van der Waals surface area contributed by atoms with Crippen LogP contribution in [0.25, 0.3) is 0 Å². The molecule has 0 saturated carbocycles. The van der Waals surface area contributed by atoms with E-state index in [1.165, 1.54) is 25.5 Å². The monoisotopic (exact) mass is 456 g/mol. The fourth-order valence-electron chi connectivity index (χ4n) is 2.60. The number of carbonyl (C=O) groups is 2. The molecule has 3 aromatic rings. The molecule has 0 aliphatic heterocycles. The SMILES string of the molecule is COc1cc(/C=N\NC(=O)c2ccc(Cl)cc2Cl)ccc1OC(=O)c1ccc(C)cc1. The van der Waals surface area contributed by atoms with Crippen LogP contribution in [0.3, 0.4) is 0 Å². The number of halogens is 2. The number of esters is 1. The Morgan fingerprint density at radius 2 is 1.71 bits per heavy atom. The van der Waals surface area contributed by atoms with E-state index in [9.17, 15) is 9.59 Å². The van der Waals surface area contributed by atoms with Crippen molar-refractivity contribution in [3.63, 3.8) is 0 Å². The Bertz CT molecular complexity index is 1140. The van der Waals surface area contributed by atoms with Gasteiger partial charge in [-0.2, -0.15) is 5.10 Å². The molecule has 0 spiro atoms. The van der Waals surface area contributed by atoms with Crippen LogP contribution >= 0.6 is 23.2 Å². The number of methoxy groups -OCH3 is 1. The molecule has 0 bridgehead atoms. The lowest BCUT2D eigenvalue weighted by atomic mass is 10.1. The van der Waals surface area contributed by atoms with Crippen LogP contribution in [-0.4, -0.2) is 25.2 Å².